The summed E-state index contributed by atoms with van der Waals surface area (Å²) in [6.07, 6.45) is 2.99. The fourth-order valence-electron chi connectivity index (χ4n) is 4.98. The van der Waals surface area contributed by atoms with Gasteiger partial charge in [0.05, 0.1) is 0 Å². The van der Waals surface area contributed by atoms with Gasteiger partial charge in [-0.2, -0.15) is 0 Å². The van der Waals surface area contributed by atoms with Gasteiger partial charge in [-0.05, 0) is 49.3 Å². The maximum absolute atomic E-state index is 12.9. The smallest absolute Gasteiger partial charge is 0.255 e. The van der Waals surface area contributed by atoms with Crippen LogP contribution in [0.15, 0.2) is 18.2 Å². The molecule has 4 rings (SSSR count). The van der Waals surface area contributed by atoms with E-state index in [1.165, 1.54) is 12.0 Å². The summed E-state index contributed by atoms with van der Waals surface area (Å²) >= 11 is 0. The average Bonchev–Trinajstić information content (AvgIpc) is 3.01. The Labute approximate surface area is 171 Å². The second-order valence-electron chi connectivity index (χ2n) is 8.75. The van der Waals surface area contributed by atoms with Crippen molar-refractivity contribution in [2.45, 2.75) is 70.7 Å². The van der Waals surface area contributed by atoms with Crippen LogP contribution in [0.3, 0.4) is 0 Å². The van der Waals surface area contributed by atoms with Crippen molar-refractivity contribution in [1.82, 2.24) is 15.1 Å². The first-order valence-electron chi connectivity index (χ1n) is 10.6. The lowest BCUT2D eigenvalue weighted by atomic mass is 9.87. The van der Waals surface area contributed by atoms with Gasteiger partial charge in [0.1, 0.15) is 6.04 Å². The number of amides is 3. The lowest BCUT2D eigenvalue weighted by Crippen LogP contribution is -2.52. The van der Waals surface area contributed by atoms with Gasteiger partial charge in [-0.15, -0.1) is 0 Å². The zero-order chi connectivity index (χ0) is 20.7. The summed E-state index contributed by atoms with van der Waals surface area (Å²) < 4.78 is 0. The van der Waals surface area contributed by atoms with E-state index < -0.39 is 6.04 Å². The maximum Gasteiger partial charge on any atom is 0.255 e. The van der Waals surface area contributed by atoms with E-state index in [2.05, 4.69) is 30.1 Å². The molecule has 0 aliphatic carbocycles. The number of imide groups is 1. The highest BCUT2D eigenvalue weighted by Gasteiger charge is 2.39. The molecule has 0 aromatic heterocycles. The van der Waals surface area contributed by atoms with Crippen molar-refractivity contribution >= 4 is 17.7 Å². The summed E-state index contributed by atoms with van der Waals surface area (Å²) in [4.78, 5) is 40.6. The van der Waals surface area contributed by atoms with Gasteiger partial charge in [0.2, 0.25) is 11.8 Å². The number of hydrogen-bond acceptors (Lipinski definition) is 5. The molecule has 4 unspecified atom stereocenters. The van der Waals surface area contributed by atoms with Gasteiger partial charge in [-0.3, -0.25) is 24.6 Å². The lowest BCUT2D eigenvalue weighted by molar-refractivity contribution is -0.136. The van der Waals surface area contributed by atoms with Gasteiger partial charge < -0.3 is 10.6 Å². The SMILES string of the molecule is CC1CCC(CN)N(Cc2ccc3c(c2)CN(C2CCC(=O)NC2=O)C3=O)C1C. The number of piperidine rings is 2. The molecule has 0 bridgehead atoms. The van der Waals surface area contributed by atoms with Gasteiger partial charge in [-0.25, -0.2) is 0 Å². The highest BCUT2D eigenvalue weighted by molar-refractivity contribution is 6.05. The lowest BCUT2D eigenvalue weighted by Gasteiger charge is -2.44. The largest absolute Gasteiger partial charge is 0.329 e. The molecule has 2 fully saturated rings. The number of hydrogen-bond donors (Lipinski definition) is 2. The average molecular weight is 399 g/mol. The molecule has 156 valence electrons. The molecule has 2 saturated heterocycles. The van der Waals surface area contributed by atoms with Gasteiger partial charge in [-0.1, -0.05) is 19.1 Å². The number of rotatable bonds is 4. The van der Waals surface area contributed by atoms with Crippen LogP contribution in [0.4, 0.5) is 0 Å². The Bertz CT molecular complexity index is 837. The third-order valence-electron chi connectivity index (χ3n) is 7.00. The molecule has 0 saturated carbocycles. The number of nitrogens with one attached hydrogen (secondary N) is 1. The minimum Gasteiger partial charge on any atom is -0.329 e. The number of nitrogens with two attached hydrogens (primary N) is 1. The highest BCUT2D eigenvalue weighted by Crippen LogP contribution is 2.31. The first-order valence-corrected chi connectivity index (χ1v) is 10.6. The maximum atomic E-state index is 12.9. The molecule has 7 heteroatoms. The Kier molecular flexibility index (Phi) is 5.44. The van der Waals surface area contributed by atoms with E-state index in [1.54, 1.807) is 4.90 Å². The number of carbonyl (C=O) groups excluding carboxylic acids is 3. The zero-order valence-corrected chi connectivity index (χ0v) is 17.2. The fourth-order valence-corrected chi connectivity index (χ4v) is 4.98. The van der Waals surface area contributed by atoms with Crippen LogP contribution in [0.1, 0.15) is 61.0 Å². The Morgan fingerprint density at radius 1 is 1.14 bits per heavy atom. The molecule has 29 heavy (non-hydrogen) atoms. The molecule has 3 heterocycles. The van der Waals surface area contributed by atoms with Crippen LogP contribution in [-0.2, 0) is 22.7 Å². The summed E-state index contributed by atoms with van der Waals surface area (Å²) in [5, 5.41) is 2.35. The predicted molar refractivity (Wildman–Crippen MR) is 109 cm³/mol. The van der Waals surface area contributed by atoms with Crippen LogP contribution in [0.5, 0.6) is 0 Å². The summed E-state index contributed by atoms with van der Waals surface area (Å²) in [7, 11) is 0. The molecule has 4 atom stereocenters. The van der Waals surface area contributed by atoms with E-state index in [9.17, 15) is 14.4 Å². The third-order valence-corrected chi connectivity index (χ3v) is 7.00. The summed E-state index contributed by atoms with van der Waals surface area (Å²) in [6.45, 7) is 6.45. The van der Waals surface area contributed by atoms with Crippen molar-refractivity contribution in [2.24, 2.45) is 11.7 Å². The van der Waals surface area contributed by atoms with Crippen LogP contribution < -0.4 is 11.1 Å². The zero-order valence-electron chi connectivity index (χ0n) is 17.2. The molecule has 3 aliphatic rings. The van der Waals surface area contributed by atoms with Crippen molar-refractivity contribution in [3.63, 3.8) is 0 Å². The second-order valence-corrected chi connectivity index (χ2v) is 8.75. The number of benzene rings is 1. The molecule has 0 spiro atoms. The second kappa shape index (κ2) is 7.88. The molecule has 3 N–H and O–H groups in total. The molecular weight excluding hydrogens is 368 g/mol. The monoisotopic (exact) mass is 398 g/mol. The molecule has 3 aliphatic heterocycles. The van der Waals surface area contributed by atoms with Crippen LogP contribution in [0.25, 0.3) is 0 Å². The predicted octanol–water partition coefficient (Wildman–Crippen LogP) is 1.40. The molecule has 0 radical (unpaired) electrons. The molecule has 1 aromatic carbocycles. The first kappa shape index (κ1) is 20.0. The third kappa shape index (κ3) is 3.69. The van der Waals surface area contributed by atoms with E-state index in [4.69, 9.17) is 5.73 Å². The Balaban J connectivity index is 1.51. The topological polar surface area (TPSA) is 95.7 Å². The quantitative estimate of drug-likeness (QED) is 0.748. The number of likely N-dealkylation sites (tertiary alicyclic amines) is 1. The van der Waals surface area contributed by atoms with Gasteiger partial charge in [0, 0.05) is 43.7 Å². The van der Waals surface area contributed by atoms with E-state index in [-0.39, 0.29) is 24.1 Å². The highest BCUT2D eigenvalue weighted by atomic mass is 16.2. The number of fused-ring (bicyclic) bond motifs is 1. The van der Waals surface area contributed by atoms with Crippen molar-refractivity contribution in [3.8, 4) is 0 Å². The van der Waals surface area contributed by atoms with Crippen LogP contribution in [0, 0.1) is 5.92 Å². The van der Waals surface area contributed by atoms with E-state index in [1.807, 2.05) is 12.1 Å². The molecular formula is C22H30N4O3. The Hall–Kier alpha value is -2.25. The number of carbonyl (C=O) groups is 3. The minimum atomic E-state index is -0.569. The molecule has 3 amide bonds. The van der Waals surface area contributed by atoms with E-state index in [0.717, 1.165) is 18.5 Å². The van der Waals surface area contributed by atoms with Crippen molar-refractivity contribution in [2.75, 3.05) is 6.54 Å². The normalized spacial score (nSPS) is 30.4. The van der Waals surface area contributed by atoms with Crippen molar-refractivity contribution in [3.05, 3.63) is 34.9 Å². The Morgan fingerprint density at radius 2 is 1.93 bits per heavy atom. The minimum absolute atomic E-state index is 0.124. The van der Waals surface area contributed by atoms with Gasteiger partial charge in [0.25, 0.3) is 5.91 Å². The number of nitrogens with zero attached hydrogens (tertiary/aromatic N) is 2. The van der Waals surface area contributed by atoms with E-state index in [0.29, 0.717) is 43.1 Å². The van der Waals surface area contributed by atoms with Crippen LogP contribution in [-0.4, -0.2) is 52.2 Å². The van der Waals surface area contributed by atoms with Gasteiger partial charge in [0.15, 0.2) is 0 Å². The van der Waals surface area contributed by atoms with Crippen molar-refractivity contribution < 1.29 is 14.4 Å². The molecule has 7 nitrogen and oxygen atoms in total. The fraction of sp³-hybridized carbons (Fsp3) is 0.591. The first-order chi connectivity index (χ1) is 13.9. The van der Waals surface area contributed by atoms with Crippen molar-refractivity contribution in [1.29, 1.82) is 0 Å². The Morgan fingerprint density at radius 3 is 2.66 bits per heavy atom. The summed E-state index contributed by atoms with van der Waals surface area (Å²) in [6, 6.07) is 6.28. The van der Waals surface area contributed by atoms with Crippen LogP contribution >= 0.6 is 0 Å². The standard InChI is InChI=1S/C22H30N4O3/c1-13-3-5-17(10-23)25(14(13)2)11-15-4-6-18-16(9-15)12-26(22(18)29)19-7-8-20(27)24-21(19)28/h4,6,9,13-14,17,19H,3,5,7-8,10-12,23H2,1-2H3,(H,24,27,28). The molecule has 1 aromatic rings. The van der Waals surface area contributed by atoms with Gasteiger partial charge >= 0.3 is 0 Å². The summed E-state index contributed by atoms with van der Waals surface area (Å²) in [5.74, 6) is -0.126. The summed E-state index contributed by atoms with van der Waals surface area (Å²) in [5.41, 5.74) is 8.82. The van der Waals surface area contributed by atoms with E-state index >= 15 is 0 Å². The van der Waals surface area contributed by atoms with Crippen LogP contribution in [0.2, 0.25) is 0 Å².